The van der Waals surface area contributed by atoms with Gasteiger partial charge in [0.15, 0.2) is 6.61 Å². The molecule has 28 heavy (non-hydrogen) atoms. The second-order valence-electron chi connectivity index (χ2n) is 6.27. The van der Waals surface area contributed by atoms with Crippen molar-refractivity contribution in [3.63, 3.8) is 0 Å². The number of amides is 1. The molecule has 0 aromatic heterocycles. The van der Waals surface area contributed by atoms with Gasteiger partial charge in [0.1, 0.15) is 17.4 Å². The van der Waals surface area contributed by atoms with Crippen LogP contribution in [0.1, 0.15) is 21.5 Å². The number of esters is 2. The van der Waals surface area contributed by atoms with Crippen molar-refractivity contribution in [3.8, 4) is 5.75 Å². The van der Waals surface area contributed by atoms with Crippen LogP contribution in [0.4, 0.5) is 0 Å². The Bertz CT molecular complexity index is 929. The summed E-state index contributed by atoms with van der Waals surface area (Å²) in [6.07, 6.45) is 0.317. The number of nitrogens with zero attached hydrogens (tertiary/aromatic N) is 1. The molecule has 0 fully saturated rings. The Labute approximate surface area is 166 Å². The quantitative estimate of drug-likeness (QED) is 0.787. The van der Waals surface area contributed by atoms with Crippen molar-refractivity contribution < 1.29 is 29.0 Å². The van der Waals surface area contributed by atoms with E-state index < -0.39 is 30.5 Å². The summed E-state index contributed by atoms with van der Waals surface area (Å²) in [5.74, 6) is -2.28. The minimum absolute atomic E-state index is 0.145. The molecule has 2 aromatic rings. The molecular weight excluding hydrogens is 386 g/mol. The van der Waals surface area contributed by atoms with Crippen molar-refractivity contribution in [1.82, 2.24) is 4.90 Å². The fraction of sp³-hybridized carbons (Fsp3) is 0.250. The summed E-state index contributed by atoms with van der Waals surface area (Å²) in [6, 6.07) is 10.6. The minimum atomic E-state index is -0.889. The van der Waals surface area contributed by atoms with Crippen LogP contribution in [-0.2, 0) is 32.0 Å². The second kappa shape index (κ2) is 8.31. The van der Waals surface area contributed by atoms with E-state index in [0.717, 1.165) is 11.1 Å². The molecule has 1 atom stereocenters. The molecule has 1 aliphatic rings. The number of aromatic hydroxyl groups is 1. The number of carbonyl (C=O) groups is 3. The Balaban J connectivity index is 1.73. The molecular formula is C20H18ClNO6. The zero-order chi connectivity index (χ0) is 20.3. The zero-order valence-electron chi connectivity index (χ0n) is 15.1. The maximum absolute atomic E-state index is 12.7. The van der Waals surface area contributed by atoms with Gasteiger partial charge in [-0.3, -0.25) is 4.79 Å². The van der Waals surface area contributed by atoms with E-state index in [1.165, 1.54) is 30.2 Å². The number of phenols is 1. The van der Waals surface area contributed by atoms with Gasteiger partial charge in [0.05, 0.1) is 7.11 Å². The van der Waals surface area contributed by atoms with E-state index >= 15 is 0 Å². The van der Waals surface area contributed by atoms with Gasteiger partial charge in [0.25, 0.3) is 5.91 Å². The van der Waals surface area contributed by atoms with Crippen LogP contribution in [0.5, 0.6) is 5.75 Å². The van der Waals surface area contributed by atoms with Crippen LogP contribution in [0.2, 0.25) is 5.02 Å². The van der Waals surface area contributed by atoms with E-state index in [4.69, 9.17) is 21.1 Å². The van der Waals surface area contributed by atoms with Gasteiger partial charge in [-0.05, 0) is 29.3 Å². The van der Waals surface area contributed by atoms with Crippen LogP contribution in [0, 0.1) is 0 Å². The molecule has 0 bridgehead atoms. The number of methoxy groups -OCH3 is 1. The van der Waals surface area contributed by atoms with Crippen molar-refractivity contribution in [1.29, 1.82) is 0 Å². The standard InChI is InChI=1S/C20H18ClNO6/c1-27-20(26)16-8-12-4-2-3-5-13(12)10-22(16)18(24)11-28-19(25)15-9-14(21)6-7-17(15)23/h2-7,9,16,23H,8,10-11H2,1H3/t16-/m0/s1. The third-order valence-corrected chi connectivity index (χ3v) is 4.78. The lowest BCUT2D eigenvalue weighted by molar-refractivity contribution is -0.155. The van der Waals surface area contributed by atoms with E-state index in [2.05, 4.69) is 0 Å². The summed E-state index contributed by atoms with van der Waals surface area (Å²) in [4.78, 5) is 38.3. The fourth-order valence-electron chi connectivity index (χ4n) is 3.09. The highest BCUT2D eigenvalue weighted by atomic mass is 35.5. The van der Waals surface area contributed by atoms with Crippen LogP contribution in [0.3, 0.4) is 0 Å². The lowest BCUT2D eigenvalue weighted by Crippen LogP contribution is -2.50. The Hall–Kier alpha value is -3.06. The van der Waals surface area contributed by atoms with E-state index in [-0.39, 0.29) is 22.9 Å². The van der Waals surface area contributed by atoms with Crippen LogP contribution in [0.25, 0.3) is 0 Å². The molecule has 1 amide bonds. The van der Waals surface area contributed by atoms with Crippen LogP contribution < -0.4 is 0 Å². The summed E-state index contributed by atoms with van der Waals surface area (Å²) in [5, 5.41) is 10.0. The van der Waals surface area contributed by atoms with Gasteiger partial charge in [0.2, 0.25) is 0 Å². The Kier molecular flexibility index (Phi) is 5.84. The first kappa shape index (κ1) is 19.7. The average molecular weight is 404 g/mol. The van der Waals surface area contributed by atoms with Gasteiger partial charge >= 0.3 is 11.9 Å². The number of phenolic OH excluding ortho intramolecular Hbond substituents is 1. The van der Waals surface area contributed by atoms with Gasteiger partial charge in [-0.2, -0.15) is 0 Å². The highest BCUT2D eigenvalue weighted by Crippen LogP contribution is 2.25. The SMILES string of the molecule is COC(=O)[C@@H]1Cc2ccccc2CN1C(=O)COC(=O)c1cc(Cl)ccc1O. The van der Waals surface area contributed by atoms with Crippen molar-refractivity contribution in [2.45, 2.75) is 19.0 Å². The molecule has 8 heteroatoms. The van der Waals surface area contributed by atoms with Gasteiger partial charge in [-0.15, -0.1) is 0 Å². The van der Waals surface area contributed by atoms with Crippen molar-refractivity contribution >= 4 is 29.4 Å². The molecule has 0 spiro atoms. The molecule has 0 aliphatic carbocycles. The topological polar surface area (TPSA) is 93.1 Å². The Morgan fingerprint density at radius 2 is 1.89 bits per heavy atom. The monoisotopic (exact) mass is 403 g/mol. The first-order valence-corrected chi connectivity index (χ1v) is 8.88. The molecule has 0 radical (unpaired) electrons. The molecule has 1 aliphatic heterocycles. The maximum atomic E-state index is 12.7. The number of ether oxygens (including phenoxy) is 2. The third kappa shape index (κ3) is 4.09. The van der Waals surface area contributed by atoms with Gasteiger partial charge in [-0.1, -0.05) is 35.9 Å². The second-order valence-corrected chi connectivity index (χ2v) is 6.71. The van der Waals surface area contributed by atoms with E-state index in [1.807, 2.05) is 24.3 Å². The number of hydrogen-bond donors (Lipinski definition) is 1. The predicted octanol–water partition coefficient (Wildman–Crippen LogP) is 2.33. The summed E-state index contributed by atoms with van der Waals surface area (Å²) in [7, 11) is 1.26. The highest BCUT2D eigenvalue weighted by Gasteiger charge is 2.35. The largest absolute Gasteiger partial charge is 0.507 e. The van der Waals surface area contributed by atoms with Crippen LogP contribution in [0.15, 0.2) is 42.5 Å². The Morgan fingerprint density at radius 1 is 1.18 bits per heavy atom. The number of rotatable bonds is 4. The van der Waals surface area contributed by atoms with Crippen molar-refractivity contribution in [2.75, 3.05) is 13.7 Å². The Morgan fingerprint density at radius 3 is 2.61 bits per heavy atom. The fourth-order valence-corrected chi connectivity index (χ4v) is 3.26. The number of benzene rings is 2. The molecule has 2 aromatic carbocycles. The molecule has 0 saturated carbocycles. The number of halogens is 1. The smallest absolute Gasteiger partial charge is 0.342 e. The average Bonchev–Trinajstić information content (AvgIpc) is 2.71. The van der Waals surface area contributed by atoms with E-state index in [9.17, 15) is 19.5 Å². The van der Waals surface area contributed by atoms with Crippen molar-refractivity contribution in [3.05, 3.63) is 64.2 Å². The van der Waals surface area contributed by atoms with Crippen LogP contribution in [-0.4, -0.2) is 47.6 Å². The summed E-state index contributed by atoms with van der Waals surface area (Å²) in [6.45, 7) is -0.380. The minimum Gasteiger partial charge on any atom is -0.507 e. The lowest BCUT2D eigenvalue weighted by Gasteiger charge is -2.35. The molecule has 146 valence electrons. The van der Waals surface area contributed by atoms with Crippen LogP contribution >= 0.6 is 11.6 Å². The normalized spacial score (nSPS) is 15.5. The lowest BCUT2D eigenvalue weighted by atomic mass is 9.94. The summed E-state index contributed by atoms with van der Waals surface area (Å²) in [5.41, 5.74) is 1.73. The molecule has 0 saturated heterocycles. The summed E-state index contributed by atoms with van der Waals surface area (Å²) < 4.78 is 9.85. The summed E-state index contributed by atoms with van der Waals surface area (Å²) >= 11 is 5.82. The third-order valence-electron chi connectivity index (χ3n) is 4.55. The number of carbonyl (C=O) groups excluding carboxylic acids is 3. The van der Waals surface area contributed by atoms with E-state index in [1.54, 1.807) is 0 Å². The van der Waals surface area contributed by atoms with Gasteiger partial charge in [0, 0.05) is 18.0 Å². The highest BCUT2D eigenvalue weighted by molar-refractivity contribution is 6.31. The first-order chi connectivity index (χ1) is 13.4. The first-order valence-electron chi connectivity index (χ1n) is 8.50. The molecule has 7 nitrogen and oxygen atoms in total. The number of hydrogen-bond acceptors (Lipinski definition) is 6. The molecule has 1 heterocycles. The van der Waals surface area contributed by atoms with Gasteiger partial charge in [-0.25, -0.2) is 9.59 Å². The van der Waals surface area contributed by atoms with Gasteiger partial charge < -0.3 is 19.5 Å². The molecule has 3 rings (SSSR count). The zero-order valence-corrected chi connectivity index (χ0v) is 15.8. The maximum Gasteiger partial charge on any atom is 0.342 e. The predicted molar refractivity (Wildman–Crippen MR) is 99.9 cm³/mol. The number of fused-ring (bicyclic) bond motifs is 1. The molecule has 1 N–H and O–H groups in total. The van der Waals surface area contributed by atoms with Crippen molar-refractivity contribution in [2.24, 2.45) is 0 Å². The molecule has 0 unspecified atom stereocenters. The van der Waals surface area contributed by atoms with E-state index in [0.29, 0.717) is 6.42 Å².